The van der Waals surface area contributed by atoms with E-state index < -0.39 is 17.9 Å². The number of carboxylic acids is 1. The summed E-state index contributed by atoms with van der Waals surface area (Å²) in [4.78, 5) is 36.2. The van der Waals surface area contributed by atoms with Gasteiger partial charge in [-0.2, -0.15) is 0 Å². The molecule has 0 saturated heterocycles. The molecule has 1 amide bonds. The van der Waals surface area contributed by atoms with Gasteiger partial charge in [0.15, 0.2) is 0 Å². The number of aryl methyl sites for hydroxylation is 2. The number of nitrogens with one attached hydrogen (secondary N) is 2. The van der Waals surface area contributed by atoms with Crippen LogP contribution < -0.4 is 10.9 Å². The molecule has 2 aromatic carbocycles. The number of carbonyl (C=O) groups is 2. The Kier molecular flexibility index (Phi) is 5.44. The predicted octanol–water partition coefficient (Wildman–Crippen LogP) is 2.73. The molecule has 0 fully saturated rings. The van der Waals surface area contributed by atoms with E-state index in [4.69, 9.17) is 0 Å². The highest BCUT2D eigenvalue weighted by Gasteiger charge is 2.22. The molecule has 1 aromatic heterocycles. The molecule has 0 aliphatic heterocycles. The van der Waals surface area contributed by atoms with Crippen molar-refractivity contribution in [2.75, 3.05) is 0 Å². The molecule has 0 radical (unpaired) electrons. The van der Waals surface area contributed by atoms with Gasteiger partial charge in [-0.1, -0.05) is 42.0 Å². The minimum atomic E-state index is -1.03. The van der Waals surface area contributed by atoms with E-state index in [1.807, 2.05) is 38.1 Å². The van der Waals surface area contributed by atoms with Crippen LogP contribution in [0.3, 0.4) is 0 Å². The molecule has 7 nitrogen and oxygen atoms in total. The summed E-state index contributed by atoms with van der Waals surface area (Å²) in [5.74, 6) is -1.57. The molecule has 3 rings (SSSR count). The molecule has 0 aliphatic rings. The second-order valence-electron chi connectivity index (χ2n) is 6.66. The fraction of sp³-hybridized carbons (Fsp3) is 0.190. The third-order valence-corrected chi connectivity index (χ3v) is 4.46. The molecule has 0 aliphatic carbocycles. The summed E-state index contributed by atoms with van der Waals surface area (Å²) in [7, 11) is 0. The van der Waals surface area contributed by atoms with Crippen LogP contribution in [0.1, 0.15) is 39.6 Å². The number of carbonyl (C=O) groups excluding carboxylic acids is 1. The number of hydrogen-bond donors (Lipinski definition) is 3. The molecule has 3 N–H and O–H groups in total. The average molecular weight is 379 g/mol. The number of amides is 1. The van der Waals surface area contributed by atoms with Crippen molar-refractivity contribution in [1.29, 1.82) is 0 Å². The molecule has 1 unspecified atom stereocenters. The lowest BCUT2D eigenvalue weighted by Crippen LogP contribution is -2.31. The zero-order valence-corrected chi connectivity index (χ0v) is 15.6. The number of aromatic nitrogens is 2. The maximum Gasteiger partial charge on any atom is 0.305 e. The Bertz CT molecular complexity index is 1070. The number of benzene rings is 2. The van der Waals surface area contributed by atoms with Crippen molar-refractivity contribution in [3.8, 4) is 5.69 Å². The Morgan fingerprint density at radius 3 is 2.46 bits per heavy atom. The maximum absolute atomic E-state index is 12.7. The number of aromatic amines is 1. The largest absolute Gasteiger partial charge is 0.481 e. The molecule has 0 saturated carbocycles. The topological polar surface area (TPSA) is 104 Å². The number of para-hydroxylation sites is 1. The predicted molar refractivity (Wildman–Crippen MR) is 105 cm³/mol. The number of aliphatic carboxylic acids is 1. The van der Waals surface area contributed by atoms with E-state index in [0.29, 0.717) is 5.69 Å². The van der Waals surface area contributed by atoms with Crippen molar-refractivity contribution in [2.45, 2.75) is 26.3 Å². The molecule has 144 valence electrons. The molecule has 28 heavy (non-hydrogen) atoms. The second kappa shape index (κ2) is 7.96. The maximum atomic E-state index is 12.7. The number of rotatable bonds is 6. The summed E-state index contributed by atoms with van der Waals surface area (Å²) < 4.78 is 1.26. The summed E-state index contributed by atoms with van der Waals surface area (Å²) in [6.45, 7) is 3.82. The van der Waals surface area contributed by atoms with Gasteiger partial charge < -0.3 is 10.4 Å². The highest BCUT2D eigenvalue weighted by atomic mass is 16.4. The first-order chi connectivity index (χ1) is 13.3. The number of carboxylic acid groups (broad SMARTS) is 1. The van der Waals surface area contributed by atoms with Crippen LogP contribution in [0.4, 0.5) is 0 Å². The van der Waals surface area contributed by atoms with Gasteiger partial charge in [0, 0.05) is 6.07 Å². The molecule has 3 aromatic rings. The van der Waals surface area contributed by atoms with Gasteiger partial charge in [0.1, 0.15) is 5.69 Å². The van der Waals surface area contributed by atoms with Crippen molar-refractivity contribution >= 4 is 11.9 Å². The third-order valence-electron chi connectivity index (χ3n) is 4.46. The Hall–Kier alpha value is -3.61. The molecule has 1 atom stereocenters. The highest BCUT2D eigenvalue weighted by Crippen LogP contribution is 2.22. The van der Waals surface area contributed by atoms with Crippen LogP contribution in [0.2, 0.25) is 0 Å². The van der Waals surface area contributed by atoms with Crippen LogP contribution in [0, 0.1) is 13.8 Å². The first-order valence-corrected chi connectivity index (χ1v) is 8.82. The monoisotopic (exact) mass is 379 g/mol. The molecular formula is C21H21N3O4. The number of H-pyrrole nitrogens is 1. The van der Waals surface area contributed by atoms with Crippen molar-refractivity contribution in [3.05, 3.63) is 87.3 Å². The van der Waals surface area contributed by atoms with E-state index in [1.54, 1.807) is 24.3 Å². The quantitative estimate of drug-likeness (QED) is 0.612. The first-order valence-electron chi connectivity index (χ1n) is 8.82. The summed E-state index contributed by atoms with van der Waals surface area (Å²) in [6.07, 6.45) is -0.265. The molecule has 0 bridgehead atoms. The number of hydrogen-bond acceptors (Lipinski definition) is 3. The lowest BCUT2D eigenvalue weighted by atomic mass is 9.97. The molecular weight excluding hydrogens is 358 g/mol. The van der Waals surface area contributed by atoms with E-state index in [2.05, 4.69) is 10.4 Å². The fourth-order valence-corrected chi connectivity index (χ4v) is 3.15. The minimum absolute atomic E-state index is 0.0639. The van der Waals surface area contributed by atoms with E-state index in [-0.39, 0.29) is 17.7 Å². The van der Waals surface area contributed by atoms with Crippen LogP contribution >= 0.6 is 0 Å². The van der Waals surface area contributed by atoms with Gasteiger partial charge in [0.25, 0.3) is 11.5 Å². The lowest BCUT2D eigenvalue weighted by Gasteiger charge is -2.19. The summed E-state index contributed by atoms with van der Waals surface area (Å²) in [5.41, 5.74) is 2.95. The van der Waals surface area contributed by atoms with Crippen LogP contribution in [0.25, 0.3) is 5.69 Å². The first kappa shape index (κ1) is 19.2. The Balaban J connectivity index is 1.88. The van der Waals surface area contributed by atoms with Crippen molar-refractivity contribution in [2.24, 2.45) is 0 Å². The van der Waals surface area contributed by atoms with Crippen molar-refractivity contribution in [1.82, 2.24) is 15.1 Å². The van der Waals surface area contributed by atoms with Gasteiger partial charge in [-0.15, -0.1) is 0 Å². The summed E-state index contributed by atoms with van der Waals surface area (Å²) >= 11 is 0. The van der Waals surface area contributed by atoms with Gasteiger partial charge in [-0.05, 0) is 37.1 Å². The summed E-state index contributed by atoms with van der Waals surface area (Å²) in [6, 6.07) is 15.0. The SMILES string of the molecule is Cc1ccc(C(CC(=O)O)NC(=O)c2cc(=O)n(-c3ccccc3)[nH]2)c(C)c1. The van der Waals surface area contributed by atoms with Crippen molar-refractivity contribution in [3.63, 3.8) is 0 Å². The standard InChI is InChI=1S/C21H21N3O4/c1-13-8-9-16(14(2)10-13)17(12-20(26)27)22-21(28)18-11-19(25)24(23-18)15-6-4-3-5-7-15/h3-11,17,23H,12H2,1-2H3,(H,22,28)(H,26,27). The zero-order valence-electron chi connectivity index (χ0n) is 15.6. The Labute approximate surface area is 161 Å². The fourth-order valence-electron chi connectivity index (χ4n) is 3.15. The normalized spacial score (nSPS) is 11.8. The van der Waals surface area contributed by atoms with E-state index in [1.165, 1.54) is 10.7 Å². The van der Waals surface area contributed by atoms with Crippen LogP contribution in [0.5, 0.6) is 0 Å². The zero-order chi connectivity index (χ0) is 20.3. The average Bonchev–Trinajstić information content (AvgIpc) is 3.03. The van der Waals surface area contributed by atoms with Gasteiger partial charge >= 0.3 is 5.97 Å². The van der Waals surface area contributed by atoms with Gasteiger partial charge in [0.05, 0.1) is 18.2 Å². The molecule has 7 heteroatoms. The lowest BCUT2D eigenvalue weighted by molar-refractivity contribution is -0.137. The van der Waals surface area contributed by atoms with E-state index in [0.717, 1.165) is 16.7 Å². The Morgan fingerprint density at radius 2 is 1.82 bits per heavy atom. The van der Waals surface area contributed by atoms with Crippen molar-refractivity contribution < 1.29 is 14.7 Å². The summed E-state index contributed by atoms with van der Waals surface area (Å²) in [5, 5.41) is 14.8. The highest BCUT2D eigenvalue weighted by molar-refractivity contribution is 5.92. The second-order valence-corrected chi connectivity index (χ2v) is 6.66. The minimum Gasteiger partial charge on any atom is -0.481 e. The van der Waals surface area contributed by atoms with Gasteiger partial charge in [-0.25, -0.2) is 4.68 Å². The van der Waals surface area contributed by atoms with Gasteiger partial charge in [0.2, 0.25) is 0 Å². The van der Waals surface area contributed by atoms with Gasteiger partial charge in [-0.3, -0.25) is 19.5 Å². The smallest absolute Gasteiger partial charge is 0.305 e. The third kappa shape index (κ3) is 4.20. The molecule has 0 spiro atoms. The van der Waals surface area contributed by atoms with Crippen LogP contribution in [0.15, 0.2) is 59.4 Å². The number of nitrogens with zero attached hydrogens (tertiary/aromatic N) is 1. The van der Waals surface area contributed by atoms with Crippen LogP contribution in [-0.4, -0.2) is 26.8 Å². The van der Waals surface area contributed by atoms with E-state index in [9.17, 15) is 19.5 Å². The van der Waals surface area contributed by atoms with Crippen LogP contribution in [-0.2, 0) is 4.79 Å². The Morgan fingerprint density at radius 1 is 1.11 bits per heavy atom. The molecule has 1 heterocycles. The van der Waals surface area contributed by atoms with E-state index >= 15 is 0 Å².